The Hall–Kier alpha value is -1.59. The average Bonchev–Trinajstić information content (AvgIpc) is 2.75. The fraction of sp³-hybridized carbons (Fsp3) is 0. The van der Waals surface area contributed by atoms with Crippen molar-refractivity contribution in [3.05, 3.63) is 39.8 Å². The molecule has 0 aliphatic carbocycles. The molecule has 82 valence electrons. The molecule has 1 amide bonds. The maximum Gasteiger partial charge on any atom is 0.267 e. The van der Waals surface area contributed by atoms with Gasteiger partial charge in [0.2, 0.25) is 0 Å². The zero-order valence-corrected chi connectivity index (χ0v) is 9.68. The number of hydrogen-bond donors (Lipinski definition) is 2. The highest BCUT2D eigenvalue weighted by Crippen LogP contribution is 2.23. The second-order valence-electron chi connectivity index (χ2n) is 3.05. The zero-order chi connectivity index (χ0) is 11.5. The van der Waals surface area contributed by atoms with Crippen molar-refractivity contribution in [3.8, 4) is 0 Å². The van der Waals surface area contributed by atoms with Gasteiger partial charge in [0, 0.05) is 5.02 Å². The average molecular weight is 254 g/mol. The topological polar surface area (TPSA) is 68.0 Å². The number of nitrogens with two attached hydrogens (primary N) is 1. The van der Waals surface area contributed by atoms with Crippen LogP contribution < -0.4 is 11.1 Å². The number of nitrogens with one attached hydrogen (secondary N) is 1. The lowest BCUT2D eigenvalue weighted by Crippen LogP contribution is -2.11. The van der Waals surface area contributed by atoms with Gasteiger partial charge in [-0.15, -0.1) is 11.3 Å². The molecule has 0 bridgehead atoms. The van der Waals surface area contributed by atoms with Gasteiger partial charge in [-0.05, 0) is 18.2 Å². The summed E-state index contributed by atoms with van der Waals surface area (Å²) in [7, 11) is 0. The summed E-state index contributed by atoms with van der Waals surface area (Å²) < 4.78 is 0. The number of nitrogen functional groups attached to an aromatic ring is 1. The van der Waals surface area contributed by atoms with Crippen molar-refractivity contribution in [1.29, 1.82) is 0 Å². The number of benzene rings is 1. The smallest absolute Gasteiger partial charge is 0.267 e. The van der Waals surface area contributed by atoms with E-state index in [2.05, 4.69) is 10.3 Å². The lowest BCUT2D eigenvalue weighted by Gasteiger charge is -2.06. The quantitative estimate of drug-likeness (QED) is 0.809. The summed E-state index contributed by atoms with van der Waals surface area (Å²) in [4.78, 5) is 16.0. The molecule has 0 radical (unpaired) electrons. The molecule has 2 rings (SSSR count). The van der Waals surface area contributed by atoms with Crippen molar-refractivity contribution in [2.24, 2.45) is 0 Å². The van der Waals surface area contributed by atoms with Gasteiger partial charge in [-0.1, -0.05) is 11.6 Å². The first-order valence-corrected chi connectivity index (χ1v) is 5.67. The van der Waals surface area contributed by atoms with Crippen molar-refractivity contribution < 1.29 is 4.79 Å². The van der Waals surface area contributed by atoms with Gasteiger partial charge in [-0.3, -0.25) is 9.78 Å². The van der Waals surface area contributed by atoms with Crippen LogP contribution in [0.5, 0.6) is 0 Å². The van der Waals surface area contributed by atoms with E-state index >= 15 is 0 Å². The van der Waals surface area contributed by atoms with Gasteiger partial charge in [0.1, 0.15) is 4.88 Å². The van der Waals surface area contributed by atoms with Crippen LogP contribution in [0, 0.1) is 0 Å². The van der Waals surface area contributed by atoms with Crippen molar-refractivity contribution in [2.75, 3.05) is 11.1 Å². The van der Waals surface area contributed by atoms with Crippen LogP contribution in [0.2, 0.25) is 5.02 Å². The summed E-state index contributed by atoms with van der Waals surface area (Å²) in [5.74, 6) is -0.225. The van der Waals surface area contributed by atoms with Crippen LogP contribution in [0.15, 0.2) is 29.9 Å². The molecular weight excluding hydrogens is 246 g/mol. The Kier molecular flexibility index (Phi) is 3.07. The van der Waals surface area contributed by atoms with E-state index in [4.69, 9.17) is 17.3 Å². The molecule has 0 fully saturated rings. The van der Waals surface area contributed by atoms with Gasteiger partial charge < -0.3 is 11.1 Å². The summed E-state index contributed by atoms with van der Waals surface area (Å²) in [5.41, 5.74) is 8.29. The Bertz CT molecular complexity index is 513. The minimum Gasteiger partial charge on any atom is -0.397 e. The molecule has 0 aliphatic heterocycles. The van der Waals surface area contributed by atoms with E-state index in [1.165, 1.54) is 17.5 Å². The van der Waals surface area contributed by atoms with Gasteiger partial charge >= 0.3 is 0 Å². The molecule has 3 N–H and O–H groups in total. The third kappa shape index (κ3) is 2.32. The van der Waals surface area contributed by atoms with E-state index in [0.717, 1.165) is 0 Å². The molecule has 0 spiro atoms. The van der Waals surface area contributed by atoms with Gasteiger partial charge in [0.05, 0.1) is 23.1 Å². The maximum atomic E-state index is 11.7. The van der Waals surface area contributed by atoms with E-state index in [-0.39, 0.29) is 5.91 Å². The molecule has 0 saturated heterocycles. The fourth-order valence-corrected chi connectivity index (χ4v) is 1.85. The predicted octanol–water partition coefficient (Wildman–Crippen LogP) is 2.63. The summed E-state index contributed by atoms with van der Waals surface area (Å²) >= 11 is 7.02. The Labute approximate surface area is 101 Å². The highest BCUT2D eigenvalue weighted by Gasteiger charge is 2.09. The highest BCUT2D eigenvalue weighted by molar-refractivity contribution is 7.11. The van der Waals surface area contributed by atoms with Crippen LogP contribution in [0.4, 0.5) is 11.4 Å². The number of thiazole rings is 1. The van der Waals surface area contributed by atoms with E-state index in [0.29, 0.717) is 21.3 Å². The molecule has 0 atom stereocenters. The second-order valence-corrected chi connectivity index (χ2v) is 4.37. The minimum absolute atomic E-state index is 0.225. The van der Waals surface area contributed by atoms with Crippen molar-refractivity contribution >= 4 is 40.2 Å². The molecular formula is C10H8ClN3OS. The van der Waals surface area contributed by atoms with Gasteiger partial charge in [0.15, 0.2) is 0 Å². The first-order chi connectivity index (χ1) is 7.66. The van der Waals surface area contributed by atoms with Crippen LogP contribution in [0.25, 0.3) is 0 Å². The molecule has 0 unspecified atom stereocenters. The number of anilines is 2. The zero-order valence-electron chi connectivity index (χ0n) is 8.11. The first kappa shape index (κ1) is 10.9. The molecule has 0 aliphatic rings. The molecule has 1 aromatic heterocycles. The normalized spacial score (nSPS) is 10.1. The molecule has 4 nitrogen and oxygen atoms in total. The highest BCUT2D eigenvalue weighted by atomic mass is 35.5. The lowest BCUT2D eigenvalue weighted by atomic mass is 10.2. The predicted molar refractivity (Wildman–Crippen MR) is 65.9 cm³/mol. The Morgan fingerprint density at radius 1 is 1.50 bits per heavy atom. The van der Waals surface area contributed by atoms with Crippen LogP contribution in [-0.4, -0.2) is 10.9 Å². The molecule has 0 saturated carbocycles. The minimum atomic E-state index is -0.225. The molecule has 1 heterocycles. The number of hydrogen-bond acceptors (Lipinski definition) is 4. The van der Waals surface area contributed by atoms with E-state index in [1.807, 2.05) is 0 Å². The number of aromatic nitrogens is 1. The first-order valence-electron chi connectivity index (χ1n) is 4.41. The van der Waals surface area contributed by atoms with Crippen molar-refractivity contribution in [2.45, 2.75) is 0 Å². The van der Waals surface area contributed by atoms with Gasteiger partial charge in [-0.2, -0.15) is 0 Å². The van der Waals surface area contributed by atoms with Crippen LogP contribution >= 0.6 is 22.9 Å². The maximum absolute atomic E-state index is 11.7. The number of rotatable bonds is 2. The van der Waals surface area contributed by atoms with Gasteiger partial charge in [-0.25, -0.2) is 0 Å². The molecule has 6 heteroatoms. The number of carbonyl (C=O) groups is 1. The van der Waals surface area contributed by atoms with Crippen LogP contribution in [-0.2, 0) is 0 Å². The molecule has 16 heavy (non-hydrogen) atoms. The summed E-state index contributed by atoms with van der Waals surface area (Å²) in [6, 6.07) is 4.92. The summed E-state index contributed by atoms with van der Waals surface area (Å²) in [6.07, 6.45) is 1.51. The largest absolute Gasteiger partial charge is 0.397 e. The molecule has 1 aromatic carbocycles. The van der Waals surface area contributed by atoms with Gasteiger partial charge in [0.25, 0.3) is 5.91 Å². The van der Waals surface area contributed by atoms with Crippen LogP contribution in [0.3, 0.4) is 0 Å². The lowest BCUT2D eigenvalue weighted by molar-refractivity contribution is 0.103. The summed E-state index contributed by atoms with van der Waals surface area (Å²) in [5, 5.41) is 3.22. The summed E-state index contributed by atoms with van der Waals surface area (Å²) in [6.45, 7) is 0. The molecule has 2 aromatic rings. The number of nitrogens with zero attached hydrogens (tertiary/aromatic N) is 1. The monoisotopic (exact) mass is 253 g/mol. The third-order valence-electron chi connectivity index (χ3n) is 1.92. The fourth-order valence-electron chi connectivity index (χ4n) is 1.16. The van der Waals surface area contributed by atoms with E-state index < -0.39 is 0 Å². The Morgan fingerprint density at radius 3 is 2.94 bits per heavy atom. The number of halogens is 1. The third-order valence-corrected chi connectivity index (χ3v) is 2.92. The van der Waals surface area contributed by atoms with E-state index in [9.17, 15) is 4.79 Å². The number of carbonyl (C=O) groups excluding carboxylic acids is 1. The van der Waals surface area contributed by atoms with E-state index in [1.54, 1.807) is 23.7 Å². The number of amides is 1. The standard InChI is InChI=1S/C10H8ClN3OS/c11-6-1-2-8(7(12)3-6)14-10(15)9-4-13-5-16-9/h1-5H,12H2,(H,14,15). The Balaban J connectivity index is 2.18. The van der Waals surface area contributed by atoms with Crippen LogP contribution in [0.1, 0.15) is 9.67 Å². The SMILES string of the molecule is Nc1cc(Cl)ccc1NC(=O)c1cncs1. The Morgan fingerprint density at radius 2 is 2.31 bits per heavy atom. The second kappa shape index (κ2) is 4.51. The van der Waals surface area contributed by atoms with Crippen molar-refractivity contribution in [3.63, 3.8) is 0 Å². The van der Waals surface area contributed by atoms with Crippen molar-refractivity contribution in [1.82, 2.24) is 4.98 Å².